The molecule has 5 nitrogen and oxygen atoms in total. The molecule has 1 fully saturated rings. The number of fused-ring (bicyclic) bond motifs is 1. The van der Waals surface area contributed by atoms with Crippen molar-refractivity contribution in [2.24, 2.45) is 5.92 Å². The third-order valence-corrected chi connectivity index (χ3v) is 9.67. The Morgan fingerprint density at radius 3 is 2.24 bits per heavy atom. The molecule has 8 heteroatoms. The summed E-state index contributed by atoms with van der Waals surface area (Å²) in [6.07, 6.45) is 5.33. The zero-order chi connectivity index (χ0) is 21.5. The number of hydrogen-bond donors (Lipinski definition) is 0. The van der Waals surface area contributed by atoms with Crippen LogP contribution in [0, 0.1) is 19.8 Å². The summed E-state index contributed by atoms with van der Waals surface area (Å²) in [6.45, 7) is 3.47. The Balaban J connectivity index is 2.23. The van der Waals surface area contributed by atoms with Gasteiger partial charge in [-0.2, -0.15) is 0 Å². The van der Waals surface area contributed by atoms with Gasteiger partial charge in [0.25, 0.3) is 0 Å². The van der Waals surface area contributed by atoms with Crippen molar-refractivity contribution in [1.82, 2.24) is 0 Å². The van der Waals surface area contributed by atoms with Crippen molar-refractivity contribution >= 4 is 44.9 Å². The highest BCUT2D eigenvalue weighted by Crippen LogP contribution is 2.42. The van der Waals surface area contributed by atoms with Crippen molar-refractivity contribution in [1.29, 1.82) is 0 Å². The molecule has 1 atom stereocenters. The molecule has 1 saturated carbocycles. The van der Waals surface area contributed by atoms with Crippen molar-refractivity contribution in [3.05, 3.63) is 38.1 Å². The molecule has 158 valence electrons. The van der Waals surface area contributed by atoms with Gasteiger partial charge in [0.15, 0.2) is 21.4 Å². The van der Waals surface area contributed by atoms with Crippen molar-refractivity contribution in [3.63, 3.8) is 0 Å². The second-order valence-electron chi connectivity index (χ2n) is 7.48. The number of sulfone groups is 1. The Kier molecular flexibility index (Phi) is 6.68. The standard InChI is InChI=1S/C21H26O5S3/c1-11-10-14(12(2)16-15(26-3)8-9-29(24,25)20(11)16)19(23)17(21(27-4)28-5)18(22)13-6-7-13/h10,13,15H,6-9H2,1-5H3. The molecule has 3 rings (SSSR count). The van der Waals surface area contributed by atoms with Gasteiger partial charge < -0.3 is 4.74 Å². The predicted octanol–water partition coefficient (Wildman–Crippen LogP) is 4.27. The van der Waals surface area contributed by atoms with E-state index < -0.39 is 9.84 Å². The number of rotatable bonds is 7. The van der Waals surface area contributed by atoms with Crippen LogP contribution in [0.1, 0.15) is 52.4 Å². The number of thioether (sulfide) groups is 2. The monoisotopic (exact) mass is 454 g/mol. The van der Waals surface area contributed by atoms with Gasteiger partial charge in [-0.05, 0) is 62.8 Å². The van der Waals surface area contributed by atoms with Gasteiger partial charge in [0.2, 0.25) is 0 Å². The van der Waals surface area contributed by atoms with Gasteiger partial charge in [-0.15, -0.1) is 23.5 Å². The fourth-order valence-electron chi connectivity index (χ4n) is 3.98. The van der Waals surface area contributed by atoms with Gasteiger partial charge >= 0.3 is 0 Å². The number of allylic oxidation sites excluding steroid dienone is 1. The summed E-state index contributed by atoms with van der Waals surface area (Å²) in [7, 11) is -1.87. The Hall–Kier alpha value is -1.09. The first kappa shape index (κ1) is 22.6. The maximum Gasteiger partial charge on any atom is 0.198 e. The molecule has 0 amide bonds. The first-order valence-electron chi connectivity index (χ1n) is 9.48. The lowest BCUT2D eigenvalue weighted by Crippen LogP contribution is -2.25. The largest absolute Gasteiger partial charge is 0.377 e. The smallest absolute Gasteiger partial charge is 0.198 e. The normalized spacial score (nSPS) is 20.1. The Labute approximate surface area is 181 Å². The summed E-state index contributed by atoms with van der Waals surface area (Å²) < 4.78 is 31.7. The molecule has 1 aromatic rings. The molecule has 0 spiro atoms. The molecule has 0 saturated heterocycles. The summed E-state index contributed by atoms with van der Waals surface area (Å²) in [5, 5.41) is 0. The lowest BCUT2D eigenvalue weighted by atomic mass is 9.89. The van der Waals surface area contributed by atoms with E-state index in [0.717, 1.165) is 12.8 Å². The fourth-order valence-corrected chi connectivity index (χ4v) is 7.33. The van der Waals surface area contributed by atoms with Crippen LogP contribution in [0.25, 0.3) is 0 Å². The van der Waals surface area contributed by atoms with E-state index >= 15 is 0 Å². The molecular weight excluding hydrogens is 428 g/mol. The third kappa shape index (κ3) is 4.09. The number of aryl methyl sites for hydroxylation is 1. The average molecular weight is 455 g/mol. The highest BCUT2D eigenvalue weighted by atomic mass is 32.2. The summed E-state index contributed by atoms with van der Waals surface area (Å²) in [5.74, 6) is -0.462. The molecule has 0 N–H and O–H groups in total. The first-order chi connectivity index (χ1) is 13.7. The van der Waals surface area contributed by atoms with E-state index in [2.05, 4.69) is 0 Å². The second-order valence-corrected chi connectivity index (χ2v) is 11.4. The average Bonchev–Trinajstić information content (AvgIpc) is 3.52. The number of carbonyl (C=O) groups excluding carboxylic acids is 2. The maximum absolute atomic E-state index is 13.6. The number of ketones is 2. The summed E-state index contributed by atoms with van der Waals surface area (Å²) >= 11 is 2.80. The van der Waals surface area contributed by atoms with Gasteiger partial charge in [-0.3, -0.25) is 9.59 Å². The number of Topliss-reactive ketones (excluding diaryl/α,β-unsaturated/α-hetero) is 2. The zero-order valence-corrected chi connectivity index (χ0v) is 19.8. The first-order valence-corrected chi connectivity index (χ1v) is 13.6. The van der Waals surface area contributed by atoms with Crippen LogP contribution in [0.2, 0.25) is 0 Å². The van der Waals surface area contributed by atoms with Gasteiger partial charge in [-0.1, -0.05) is 0 Å². The van der Waals surface area contributed by atoms with Crippen LogP contribution in [-0.4, -0.2) is 45.4 Å². The van der Waals surface area contributed by atoms with Crippen molar-refractivity contribution in [2.75, 3.05) is 25.4 Å². The highest BCUT2D eigenvalue weighted by molar-refractivity contribution is 8.21. The van der Waals surface area contributed by atoms with Crippen LogP contribution in [0.5, 0.6) is 0 Å². The Morgan fingerprint density at radius 2 is 1.72 bits per heavy atom. The lowest BCUT2D eigenvalue weighted by molar-refractivity contribution is -0.116. The van der Waals surface area contributed by atoms with Crippen LogP contribution in [0.3, 0.4) is 0 Å². The second kappa shape index (κ2) is 8.57. The SMILES string of the molecule is COC1CCS(=O)(=O)c2c(C)cc(C(=O)C(C(=O)C3CC3)=C(SC)SC)c(C)c21. The molecule has 2 aliphatic rings. The summed E-state index contributed by atoms with van der Waals surface area (Å²) in [6, 6.07) is 1.63. The number of methoxy groups -OCH3 is 1. The molecule has 0 aromatic heterocycles. The lowest BCUT2D eigenvalue weighted by Gasteiger charge is -2.29. The van der Waals surface area contributed by atoms with Crippen molar-refractivity contribution in [3.8, 4) is 0 Å². The summed E-state index contributed by atoms with van der Waals surface area (Å²) in [4.78, 5) is 26.8. The number of ether oxygens (including phenoxy) is 1. The van der Waals surface area contributed by atoms with E-state index in [1.54, 1.807) is 27.0 Å². The van der Waals surface area contributed by atoms with Crippen molar-refractivity contribution in [2.45, 2.75) is 44.1 Å². The highest BCUT2D eigenvalue weighted by Gasteiger charge is 2.39. The minimum Gasteiger partial charge on any atom is -0.377 e. The van der Waals surface area contributed by atoms with E-state index in [0.29, 0.717) is 32.9 Å². The van der Waals surface area contributed by atoms with Crippen LogP contribution in [0.4, 0.5) is 0 Å². The van der Waals surface area contributed by atoms with E-state index in [9.17, 15) is 18.0 Å². The summed E-state index contributed by atoms with van der Waals surface area (Å²) in [5.41, 5.74) is 2.32. The van der Waals surface area contributed by atoms with Crippen LogP contribution in [-0.2, 0) is 19.4 Å². The van der Waals surface area contributed by atoms with E-state index in [1.165, 1.54) is 23.5 Å². The molecule has 1 unspecified atom stereocenters. The maximum atomic E-state index is 13.6. The minimum absolute atomic E-state index is 0.0283. The quantitative estimate of drug-likeness (QED) is 0.263. The number of benzene rings is 1. The Bertz CT molecular complexity index is 998. The molecule has 0 bridgehead atoms. The molecule has 29 heavy (non-hydrogen) atoms. The molecule has 1 aliphatic heterocycles. The van der Waals surface area contributed by atoms with Crippen LogP contribution < -0.4 is 0 Å². The number of carbonyl (C=O) groups is 2. The van der Waals surface area contributed by atoms with Crippen molar-refractivity contribution < 1.29 is 22.7 Å². The topological polar surface area (TPSA) is 77.5 Å². The van der Waals surface area contributed by atoms with E-state index in [1.807, 2.05) is 12.5 Å². The molecule has 0 radical (unpaired) electrons. The third-order valence-electron chi connectivity index (χ3n) is 5.58. The van der Waals surface area contributed by atoms with Gasteiger partial charge in [0.1, 0.15) is 0 Å². The predicted molar refractivity (Wildman–Crippen MR) is 118 cm³/mol. The fraction of sp³-hybridized carbons (Fsp3) is 0.524. The minimum atomic E-state index is -3.42. The van der Waals surface area contributed by atoms with Gasteiger partial charge in [-0.25, -0.2) is 8.42 Å². The van der Waals surface area contributed by atoms with Crippen LogP contribution >= 0.6 is 23.5 Å². The molecule has 1 heterocycles. The van der Waals surface area contributed by atoms with E-state index in [-0.39, 0.29) is 39.8 Å². The molecule has 1 aliphatic carbocycles. The zero-order valence-electron chi connectivity index (χ0n) is 17.3. The van der Waals surface area contributed by atoms with Gasteiger partial charge in [0.05, 0.1) is 26.6 Å². The van der Waals surface area contributed by atoms with Gasteiger partial charge in [0, 0.05) is 24.2 Å². The molecular formula is C21H26O5S3. The van der Waals surface area contributed by atoms with E-state index in [4.69, 9.17) is 4.74 Å². The number of hydrogen-bond acceptors (Lipinski definition) is 7. The molecule has 1 aromatic carbocycles. The van der Waals surface area contributed by atoms with Crippen LogP contribution in [0.15, 0.2) is 20.8 Å². The Morgan fingerprint density at radius 1 is 1.10 bits per heavy atom.